The van der Waals surface area contributed by atoms with Crippen molar-refractivity contribution in [2.45, 2.75) is 19.0 Å². The molecule has 1 amide bonds. The van der Waals surface area contributed by atoms with Crippen LogP contribution in [0.5, 0.6) is 0 Å². The number of aromatic nitrogens is 2. The van der Waals surface area contributed by atoms with Crippen LogP contribution >= 0.6 is 11.8 Å². The standard InChI is InChI=1S/C15H16N4O2S/c1-9-7-14(16)19-15(17-9)22-8-13(21)11-3-5-12(6-4-11)18-10(2)20/h3-7H,8H2,1-2H3,(H,18,20)(H2,16,17,19). The van der Waals surface area contributed by atoms with Gasteiger partial charge in [0.05, 0.1) is 5.75 Å². The van der Waals surface area contributed by atoms with E-state index in [1.54, 1.807) is 30.3 Å². The van der Waals surface area contributed by atoms with Crippen molar-refractivity contribution in [2.75, 3.05) is 16.8 Å². The number of benzene rings is 1. The topological polar surface area (TPSA) is 98.0 Å². The second-order valence-electron chi connectivity index (χ2n) is 4.69. The van der Waals surface area contributed by atoms with Crippen molar-refractivity contribution in [1.29, 1.82) is 0 Å². The van der Waals surface area contributed by atoms with Gasteiger partial charge in [-0.3, -0.25) is 9.59 Å². The summed E-state index contributed by atoms with van der Waals surface area (Å²) >= 11 is 1.25. The van der Waals surface area contributed by atoms with Crippen molar-refractivity contribution in [2.24, 2.45) is 0 Å². The smallest absolute Gasteiger partial charge is 0.221 e. The molecule has 0 saturated heterocycles. The second-order valence-corrected chi connectivity index (χ2v) is 5.63. The highest BCUT2D eigenvalue weighted by atomic mass is 32.2. The molecule has 0 aliphatic rings. The molecule has 3 N–H and O–H groups in total. The summed E-state index contributed by atoms with van der Waals surface area (Å²) in [5, 5.41) is 3.14. The molecule has 1 aromatic heterocycles. The average molecular weight is 316 g/mol. The molecule has 0 unspecified atom stereocenters. The molecule has 0 aliphatic carbocycles. The number of nitrogens with zero attached hydrogens (tertiary/aromatic N) is 2. The summed E-state index contributed by atoms with van der Waals surface area (Å²) in [5.41, 5.74) is 7.65. The minimum absolute atomic E-state index is 0.0388. The summed E-state index contributed by atoms with van der Waals surface area (Å²) in [6.07, 6.45) is 0. The normalized spacial score (nSPS) is 10.3. The number of Topliss-reactive ketones (excluding diaryl/α,β-unsaturated/α-hetero) is 1. The first-order valence-electron chi connectivity index (χ1n) is 6.59. The van der Waals surface area contributed by atoms with Crippen LogP contribution in [0.25, 0.3) is 0 Å². The zero-order chi connectivity index (χ0) is 16.1. The number of anilines is 2. The van der Waals surface area contributed by atoms with Gasteiger partial charge >= 0.3 is 0 Å². The van der Waals surface area contributed by atoms with Gasteiger partial charge in [0.15, 0.2) is 10.9 Å². The van der Waals surface area contributed by atoms with Crippen LogP contribution in [-0.2, 0) is 4.79 Å². The van der Waals surface area contributed by atoms with E-state index in [0.717, 1.165) is 5.69 Å². The zero-order valence-corrected chi connectivity index (χ0v) is 13.1. The Morgan fingerprint density at radius 3 is 2.50 bits per heavy atom. The third-order valence-electron chi connectivity index (χ3n) is 2.71. The van der Waals surface area contributed by atoms with Crippen LogP contribution in [0.4, 0.5) is 11.5 Å². The second kappa shape index (κ2) is 7.04. The van der Waals surface area contributed by atoms with Crippen LogP contribution in [0, 0.1) is 6.92 Å². The third kappa shape index (κ3) is 4.56. The number of nitrogens with two attached hydrogens (primary N) is 1. The van der Waals surface area contributed by atoms with Crippen LogP contribution in [0.3, 0.4) is 0 Å². The fourth-order valence-electron chi connectivity index (χ4n) is 1.79. The summed E-state index contributed by atoms with van der Waals surface area (Å²) in [6.45, 7) is 3.26. The molecular weight excluding hydrogens is 300 g/mol. The molecule has 114 valence electrons. The summed E-state index contributed by atoms with van der Waals surface area (Å²) in [6, 6.07) is 8.42. The van der Waals surface area contributed by atoms with Crippen molar-refractivity contribution in [3.8, 4) is 0 Å². The molecule has 7 heteroatoms. The van der Waals surface area contributed by atoms with Gasteiger partial charge in [0, 0.05) is 29.9 Å². The maximum Gasteiger partial charge on any atom is 0.221 e. The highest BCUT2D eigenvalue weighted by Gasteiger charge is 2.09. The summed E-state index contributed by atoms with van der Waals surface area (Å²) in [5.74, 6) is 0.427. The zero-order valence-electron chi connectivity index (χ0n) is 12.3. The first-order valence-corrected chi connectivity index (χ1v) is 7.57. The quantitative estimate of drug-likeness (QED) is 0.499. The molecule has 2 aromatic rings. The van der Waals surface area contributed by atoms with Crippen LogP contribution in [0.2, 0.25) is 0 Å². The number of rotatable bonds is 5. The van der Waals surface area contributed by atoms with E-state index >= 15 is 0 Å². The highest BCUT2D eigenvalue weighted by molar-refractivity contribution is 7.99. The fourth-order valence-corrected chi connectivity index (χ4v) is 2.59. The van der Waals surface area contributed by atoms with E-state index in [1.807, 2.05) is 6.92 Å². The van der Waals surface area contributed by atoms with Gasteiger partial charge in [-0.2, -0.15) is 0 Å². The summed E-state index contributed by atoms with van der Waals surface area (Å²) < 4.78 is 0. The molecule has 0 fully saturated rings. The number of hydrogen-bond acceptors (Lipinski definition) is 6. The van der Waals surface area contributed by atoms with Crippen LogP contribution in [0.15, 0.2) is 35.5 Å². The number of ketones is 1. The largest absolute Gasteiger partial charge is 0.384 e. The minimum Gasteiger partial charge on any atom is -0.384 e. The number of hydrogen-bond donors (Lipinski definition) is 2. The molecule has 6 nitrogen and oxygen atoms in total. The number of carbonyl (C=O) groups excluding carboxylic acids is 2. The monoisotopic (exact) mass is 316 g/mol. The number of nitrogens with one attached hydrogen (secondary N) is 1. The van der Waals surface area contributed by atoms with Gasteiger partial charge < -0.3 is 11.1 Å². The van der Waals surface area contributed by atoms with Crippen LogP contribution in [-0.4, -0.2) is 27.4 Å². The van der Waals surface area contributed by atoms with Gasteiger partial charge in [-0.15, -0.1) is 0 Å². The SMILES string of the molecule is CC(=O)Nc1ccc(C(=O)CSc2nc(C)cc(N)n2)cc1. The Bertz CT molecular complexity index is 681. The van der Waals surface area contributed by atoms with Gasteiger partial charge in [0.25, 0.3) is 0 Å². The van der Waals surface area contributed by atoms with Gasteiger partial charge in [-0.1, -0.05) is 11.8 Å². The number of carbonyl (C=O) groups is 2. The third-order valence-corrected chi connectivity index (χ3v) is 3.56. The molecule has 0 atom stereocenters. The molecule has 1 aromatic carbocycles. The van der Waals surface area contributed by atoms with Gasteiger partial charge in [0.1, 0.15) is 5.82 Å². The lowest BCUT2D eigenvalue weighted by atomic mass is 10.1. The number of aryl methyl sites for hydroxylation is 1. The van der Waals surface area contributed by atoms with E-state index in [1.165, 1.54) is 18.7 Å². The molecule has 0 spiro atoms. The first kappa shape index (κ1) is 16.0. The van der Waals surface area contributed by atoms with E-state index in [4.69, 9.17) is 5.73 Å². The number of amides is 1. The predicted molar refractivity (Wildman–Crippen MR) is 87.0 cm³/mol. The Morgan fingerprint density at radius 1 is 1.23 bits per heavy atom. The molecule has 0 bridgehead atoms. The Kier molecular flexibility index (Phi) is 5.11. The van der Waals surface area contributed by atoms with Crippen molar-refractivity contribution in [3.05, 3.63) is 41.6 Å². The minimum atomic E-state index is -0.149. The van der Waals surface area contributed by atoms with Crippen molar-refractivity contribution < 1.29 is 9.59 Å². The summed E-state index contributed by atoms with van der Waals surface area (Å²) in [7, 11) is 0. The lowest BCUT2D eigenvalue weighted by Crippen LogP contribution is -2.07. The molecule has 2 rings (SSSR count). The Hall–Kier alpha value is -2.41. The number of nitrogen functional groups attached to an aromatic ring is 1. The first-order chi connectivity index (χ1) is 10.4. The maximum absolute atomic E-state index is 12.1. The molecule has 0 saturated carbocycles. The average Bonchev–Trinajstić information content (AvgIpc) is 2.44. The van der Waals surface area contributed by atoms with E-state index in [2.05, 4.69) is 15.3 Å². The van der Waals surface area contributed by atoms with Crippen molar-refractivity contribution in [1.82, 2.24) is 9.97 Å². The van der Waals surface area contributed by atoms with E-state index in [9.17, 15) is 9.59 Å². The fraction of sp³-hybridized carbons (Fsp3) is 0.200. The van der Waals surface area contributed by atoms with E-state index in [-0.39, 0.29) is 17.4 Å². The van der Waals surface area contributed by atoms with Crippen molar-refractivity contribution >= 4 is 35.0 Å². The van der Waals surface area contributed by atoms with E-state index < -0.39 is 0 Å². The van der Waals surface area contributed by atoms with Crippen LogP contribution in [0.1, 0.15) is 23.0 Å². The van der Waals surface area contributed by atoms with Crippen LogP contribution < -0.4 is 11.1 Å². The lowest BCUT2D eigenvalue weighted by molar-refractivity contribution is -0.114. The van der Waals surface area contributed by atoms with E-state index in [0.29, 0.717) is 22.2 Å². The van der Waals surface area contributed by atoms with Crippen molar-refractivity contribution in [3.63, 3.8) is 0 Å². The Balaban J connectivity index is 1.98. The van der Waals surface area contributed by atoms with Gasteiger partial charge in [-0.05, 0) is 31.2 Å². The highest BCUT2D eigenvalue weighted by Crippen LogP contribution is 2.18. The van der Waals surface area contributed by atoms with Gasteiger partial charge in [0.2, 0.25) is 5.91 Å². The number of thioether (sulfide) groups is 1. The Morgan fingerprint density at radius 2 is 1.91 bits per heavy atom. The molecule has 0 radical (unpaired) electrons. The molecular formula is C15H16N4O2S. The summed E-state index contributed by atoms with van der Waals surface area (Å²) in [4.78, 5) is 31.4. The molecule has 22 heavy (non-hydrogen) atoms. The Labute approximate surface area is 132 Å². The van der Waals surface area contributed by atoms with Gasteiger partial charge in [-0.25, -0.2) is 9.97 Å². The predicted octanol–water partition coefficient (Wildman–Crippen LogP) is 2.30. The lowest BCUT2D eigenvalue weighted by Gasteiger charge is -2.05. The maximum atomic E-state index is 12.1. The molecule has 0 aliphatic heterocycles. The molecule has 1 heterocycles.